The first kappa shape index (κ1) is 18.5. The summed E-state index contributed by atoms with van der Waals surface area (Å²) in [7, 11) is 0. The van der Waals surface area contributed by atoms with E-state index in [2.05, 4.69) is 30.6 Å². The summed E-state index contributed by atoms with van der Waals surface area (Å²) >= 11 is 0. The van der Waals surface area contributed by atoms with Gasteiger partial charge < -0.3 is 10.0 Å². The van der Waals surface area contributed by atoms with Crippen LogP contribution in [0.2, 0.25) is 0 Å². The van der Waals surface area contributed by atoms with Gasteiger partial charge in [0.05, 0.1) is 19.2 Å². The van der Waals surface area contributed by atoms with Gasteiger partial charge in [0.25, 0.3) is 0 Å². The van der Waals surface area contributed by atoms with E-state index in [1.807, 2.05) is 35.2 Å². The second-order valence-electron chi connectivity index (χ2n) is 6.84. The van der Waals surface area contributed by atoms with Gasteiger partial charge in [0.2, 0.25) is 5.91 Å². The van der Waals surface area contributed by atoms with Crippen molar-refractivity contribution in [2.24, 2.45) is 5.92 Å². The summed E-state index contributed by atoms with van der Waals surface area (Å²) in [4.78, 5) is 16.6. The van der Waals surface area contributed by atoms with Gasteiger partial charge in [0.1, 0.15) is 0 Å². The number of piperidine rings is 1. The van der Waals surface area contributed by atoms with E-state index in [1.54, 1.807) is 0 Å². The Morgan fingerprint density at radius 3 is 2.58 bits per heavy atom. The molecule has 1 aliphatic heterocycles. The van der Waals surface area contributed by atoms with E-state index in [1.165, 1.54) is 0 Å². The van der Waals surface area contributed by atoms with Crippen LogP contribution in [0.25, 0.3) is 0 Å². The van der Waals surface area contributed by atoms with Gasteiger partial charge in [-0.05, 0) is 30.9 Å². The molecule has 130 valence electrons. The molecule has 0 saturated carbocycles. The molecule has 1 aromatic carbocycles. The summed E-state index contributed by atoms with van der Waals surface area (Å²) in [6.45, 7) is 7.41. The molecular formula is C20H28N2O2. The van der Waals surface area contributed by atoms with Crippen LogP contribution in [-0.4, -0.2) is 59.6 Å². The van der Waals surface area contributed by atoms with Gasteiger partial charge in [-0.25, -0.2) is 0 Å². The van der Waals surface area contributed by atoms with Crippen molar-refractivity contribution in [2.75, 3.05) is 32.7 Å². The molecule has 4 heteroatoms. The van der Waals surface area contributed by atoms with Gasteiger partial charge in [-0.2, -0.15) is 0 Å². The van der Waals surface area contributed by atoms with Crippen LogP contribution in [-0.2, 0) is 4.79 Å². The Kier molecular flexibility index (Phi) is 7.30. The molecule has 1 aliphatic rings. The average molecular weight is 328 g/mol. The number of rotatable bonds is 5. The molecule has 4 nitrogen and oxygen atoms in total. The van der Waals surface area contributed by atoms with Gasteiger partial charge >= 0.3 is 0 Å². The Balaban J connectivity index is 1.92. The van der Waals surface area contributed by atoms with Crippen molar-refractivity contribution < 1.29 is 9.90 Å². The third kappa shape index (κ3) is 6.35. The number of benzene rings is 1. The van der Waals surface area contributed by atoms with Gasteiger partial charge in [0, 0.05) is 25.2 Å². The van der Waals surface area contributed by atoms with Crippen molar-refractivity contribution >= 4 is 5.91 Å². The number of nitrogens with zero attached hydrogens (tertiary/aromatic N) is 2. The normalized spacial score (nSPS) is 15.8. The fraction of sp³-hybridized carbons (Fsp3) is 0.550. The van der Waals surface area contributed by atoms with Crippen LogP contribution in [0.4, 0.5) is 0 Å². The minimum atomic E-state index is -0.208. The number of carbonyl (C=O) groups is 1. The maximum absolute atomic E-state index is 12.6. The van der Waals surface area contributed by atoms with Crippen LogP contribution in [0.1, 0.15) is 32.3 Å². The van der Waals surface area contributed by atoms with Gasteiger partial charge in [0.15, 0.2) is 0 Å². The Morgan fingerprint density at radius 2 is 1.96 bits per heavy atom. The second kappa shape index (κ2) is 9.46. The highest BCUT2D eigenvalue weighted by Gasteiger charge is 2.21. The van der Waals surface area contributed by atoms with Crippen molar-refractivity contribution in [3.05, 3.63) is 35.9 Å². The molecule has 2 rings (SSSR count). The lowest BCUT2D eigenvalue weighted by Gasteiger charge is -2.31. The monoisotopic (exact) mass is 328 g/mol. The molecule has 1 N–H and O–H groups in total. The van der Waals surface area contributed by atoms with E-state index in [0.717, 1.165) is 38.0 Å². The number of aliphatic hydroxyl groups excluding tert-OH is 1. The lowest BCUT2D eigenvalue weighted by molar-refractivity contribution is -0.132. The lowest BCUT2D eigenvalue weighted by Crippen LogP contribution is -2.45. The van der Waals surface area contributed by atoms with E-state index in [-0.39, 0.29) is 12.0 Å². The molecule has 1 amide bonds. The molecule has 0 aliphatic carbocycles. The Morgan fingerprint density at radius 1 is 1.29 bits per heavy atom. The van der Waals surface area contributed by atoms with Crippen molar-refractivity contribution in [1.82, 2.24) is 9.80 Å². The summed E-state index contributed by atoms with van der Waals surface area (Å²) in [6.07, 6.45) is 1.30. The molecule has 0 radical (unpaired) electrons. The van der Waals surface area contributed by atoms with Crippen LogP contribution in [0.5, 0.6) is 0 Å². The van der Waals surface area contributed by atoms with Crippen LogP contribution >= 0.6 is 0 Å². The minimum absolute atomic E-state index is 0.127. The molecule has 24 heavy (non-hydrogen) atoms. The van der Waals surface area contributed by atoms with Gasteiger partial charge in [-0.15, -0.1) is 0 Å². The molecule has 1 fully saturated rings. The number of carbonyl (C=O) groups excluding carboxylic acids is 1. The molecule has 0 bridgehead atoms. The number of hydrogen-bond acceptors (Lipinski definition) is 3. The van der Waals surface area contributed by atoms with Crippen LogP contribution in [0.3, 0.4) is 0 Å². The zero-order valence-electron chi connectivity index (χ0n) is 14.7. The SMILES string of the molecule is CC(C)CN(CC#Cc1ccccc1)C(=O)CN1CCC(O)CC1. The topological polar surface area (TPSA) is 43.8 Å². The standard InChI is InChI=1S/C20H28N2O2/c1-17(2)15-22(12-6-9-18-7-4-3-5-8-18)20(24)16-21-13-10-19(23)11-14-21/h3-5,7-8,17,19,23H,10-16H2,1-2H3. The fourth-order valence-corrected chi connectivity index (χ4v) is 2.82. The third-order valence-corrected chi connectivity index (χ3v) is 4.13. The van der Waals surface area contributed by atoms with E-state index in [0.29, 0.717) is 19.0 Å². The molecule has 1 saturated heterocycles. The maximum Gasteiger partial charge on any atom is 0.237 e. The highest BCUT2D eigenvalue weighted by Crippen LogP contribution is 2.10. The predicted octanol–water partition coefficient (Wildman–Crippen LogP) is 1.98. The highest BCUT2D eigenvalue weighted by atomic mass is 16.3. The average Bonchev–Trinajstić information content (AvgIpc) is 2.56. The van der Waals surface area contributed by atoms with E-state index < -0.39 is 0 Å². The lowest BCUT2D eigenvalue weighted by atomic mass is 10.1. The molecule has 0 unspecified atom stereocenters. The third-order valence-electron chi connectivity index (χ3n) is 4.13. The number of likely N-dealkylation sites (tertiary alicyclic amines) is 1. The Bertz CT molecular complexity index is 566. The van der Waals surface area contributed by atoms with Crippen molar-refractivity contribution in [2.45, 2.75) is 32.8 Å². The van der Waals surface area contributed by atoms with Gasteiger partial charge in [-0.1, -0.05) is 43.9 Å². The first-order valence-electron chi connectivity index (χ1n) is 8.76. The van der Waals surface area contributed by atoms with E-state index in [9.17, 15) is 9.90 Å². The predicted molar refractivity (Wildman–Crippen MR) is 96.4 cm³/mol. The molecule has 0 spiro atoms. The number of amides is 1. The van der Waals surface area contributed by atoms with Crippen molar-refractivity contribution in [3.8, 4) is 11.8 Å². The summed E-state index contributed by atoms with van der Waals surface area (Å²) < 4.78 is 0. The van der Waals surface area contributed by atoms with E-state index in [4.69, 9.17) is 0 Å². The van der Waals surface area contributed by atoms with Crippen molar-refractivity contribution in [3.63, 3.8) is 0 Å². The van der Waals surface area contributed by atoms with Crippen LogP contribution in [0, 0.1) is 17.8 Å². The smallest absolute Gasteiger partial charge is 0.237 e. The largest absolute Gasteiger partial charge is 0.393 e. The second-order valence-corrected chi connectivity index (χ2v) is 6.84. The maximum atomic E-state index is 12.6. The van der Waals surface area contributed by atoms with Gasteiger partial charge in [-0.3, -0.25) is 9.69 Å². The number of aliphatic hydroxyl groups is 1. The summed E-state index contributed by atoms with van der Waals surface area (Å²) in [5.74, 6) is 6.79. The quantitative estimate of drug-likeness (QED) is 0.841. The minimum Gasteiger partial charge on any atom is -0.393 e. The molecule has 1 heterocycles. The van der Waals surface area contributed by atoms with Crippen molar-refractivity contribution in [1.29, 1.82) is 0 Å². The molecular weight excluding hydrogens is 300 g/mol. The first-order valence-corrected chi connectivity index (χ1v) is 8.76. The van der Waals surface area contributed by atoms with Crippen LogP contribution < -0.4 is 0 Å². The van der Waals surface area contributed by atoms with E-state index >= 15 is 0 Å². The highest BCUT2D eigenvalue weighted by molar-refractivity contribution is 5.78. The summed E-state index contributed by atoms with van der Waals surface area (Å²) in [6, 6.07) is 9.84. The zero-order chi connectivity index (χ0) is 17.4. The molecule has 1 aromatic rings. The zero-order valence-corrected chi connectivity index (χ0v) is 14.7. The Labute approximate surface area is 145 Å². The number of hydrogen-bond donors (Lipinski definition) is 1. The summed E-state index contributed by atoms with van der Waals surface area (Å²) in [5, 5.41) is 9.57. The fourth-order valence-electron chi connectivity index (χ4n) is 2.82. The summed E-state index contributed by atoms with van der Waals surface area (Å²) in [5.41, 5.74) is 0.972. The molecule has 0 aromatic heterocycles. The van der Waals surface area contributed by atoms with Crippen LogP contribution in [0.15, 0.2) is 30.3 Å². The molecule has 0 atom stereocenters. The first-order chi connectivity index (χ1) is 11.5. The Hall–Kier alpha value is -1.83.